The van der Waals surface area contributed by atoms with Crippen molar-refractivity contribution in [1.29, 1.82) is 0 Å². The van der Waals surface area contributed by atoms with E-state index in [4.69, 9.17) is 11.6 Å². The fraction of sp³-hybridized carbons (Fsp3) is 0.143. The summed E-state index contributed by atoms with van der Waals surface area (Å²) in [5.74, 6) is 0. The SMILES string of the molecule is CNCc1ccc(Sc2ccccc2Br)c(Cl)c1. The van der Waals surface area contributed by atoms with Crippen molar-refractivity contribution in [2.75, 3.05) is 7.05 Å². The molecule has 2 aromatic rings. The fourth-order valence-electron chi connectivity index (χ4n) is 1.59. The van der Waals surface area contributed by atoms with Gasteiger partial charge in [0.25, 0.3) is 0 Å². The van der Waals surface area contributed by atoms with Crippen LogP contribution in [0, 0.1) is 0 Å². The maximum absolute atomic E-state index is 6.30. The van der Waals surface area contributed by atoms with Gasteiger partial charge >= 0.3 is 0 Å². The van der Waals surface area contributed by atoms with Gasteiger partial charge < -0.3 is 5.32 Å². The van der Waals surface area contributed by atoms with Gasteiger partial charge in [0.15, 0.2) is 0 Å². The molecule has 4 heteroatoms. The van der Waals surface area contributed by atoms with Gasteiger partial charge in [-0.2, -0.15) is 0 Å². The molecule has 0 radical (unpaired) electrons. The van der Waals surface area contributed by atoms with E-state index in [0.717, 1.165) is 20.9 Å². The van der Waals surface area contributed by atoms with E-state index in [0.29, 0.717) is 0 Å². The summed E-state index contributed by atoms with van der Waals surface area (Å²) in [6, 6.07) is 14.3. The van der Waals surface area contributed by atoms with E-state index in [2.05, 4.69) is 39.4 Å². The van der Waals surface area contributed by atoms with Crippen molar-refractivity contribution >= 4 is 39.3 Å². The van der Waals surface area contributed by atoms with Crippen molar-refractivity contribution < 1.29 is 0 Å². The summed E-state index contributed by atoms with van der Waals surface area (Å²) in [4.78, 5) is 2.24. The number of nitrogens with one attached hydrogen (secondary N) is 1. The highest BCUT2D eigenvalue weighted by atomic mass is 79.9. The second-order valence-electron chi connectivity index (χ2n) is 3.83. The Morgan fingerprint density at radius 3 is 2.61 bits per heavy atom. The van der Waals surface area contributed by atoms with E-state index >= 15 is 0 Å². The molecule has 0 fully saturated rings. The molecular weight excluding hydrogens is 330 g/mol. The lowest BCUT2D eigenvalue weighted by atomic mass is 10.2. The number of hydrogen-bond donors (Lipinski definition) is 1. The smallest absolute Gasteiger partial charge is 0.0548 e. The zero-order valence-electron chi connectivity index (χ0n) is 9.91. The average molecular weight is 343 g/mol. The maximum Gasteiger partial charge on any atom is 0.0548 e. The number of halogens is 2. The second kappa shape index (κ2) is 6.62. The Labute approximate surface area is 125 Å². The van der Waals surface area contributed by atoms with Crippen molar-refractivity contribution in [3.05, 3.63) is 57.5 Å². The third-order valence-electron chi connectivity index (χ3n) is 2.43. The molecule has 0 unspecified atom stereocenters. The molecule has 0 aliphatic heterocycles. The van der Waals surface area contributed by atoms with Crippen molar-refractivity contribution in [1.82, 2.24) is 5.32 Å². The summed E-state index contributed by atoms with van der Waals surface area (Å²) in [6.45, 7) is 0.833. The Balaban J connectivity index is 2.22. The van der Waals surface area contributed by atoms with Crippen LogP contribution in [-0.2, 0) is 6.54 Å². The Hall–Kier alpha value is -0.480. The van der Waals surface area contributed by atoms with Gasteiger partial charge in [0, 0.05) is 20.8 Å². The van der Waals surface area contributed by atoms with E-state index in [-0.39, 0.29) is 0 Å². The first-order valence-corrected chi connectivity index (χ1v) is 7.55. The molecule has 0 saturated heterocycles. The first-order valence-electron chi connectivity index (χ1n) is 5.56. The molecule has 18 heavy (non-hydrogen) atoms. The summed E-state index contributed by atoms with van der Waals surface area (Å²) < 4.78 is 1.09. The molecule has 2 rings (SSSR count). The summed E-state index contributed by atoms with van der Waals surface area (Å²) >= 11 is 11.5. The molecule has 0 atom stereocenters. The molecule has 0 heterocycles. The van der Waals surface area contributed by atoms with Gasteiger partial charge in [0.05, 0.1) is 5.02 Å². The third kappa shape index (κ3) is 3.51. The molecule has 0 aromatic heterocycles. The highest BCUT2D eigenvalue weighted by Crippen LogP contribution is 2.37. The molecule has 0 spiro atoms. The molecule has 2 aromatic carbocycles. The molecule has 1 N–H and O–H groups in total. The normalized spacial score (nSPS) is 10.6. The van der Waals surface area contributed by atoms with Gasteiger partial charge in [0.2, 0.25) is 0 Å². The molecule has 1 nitrogen and oxygen atoms in total. The quantitative estimate of drug-likeness (QED) is 0.841. The lowest BCUT2D eigenvalue weighted by molar-refractivity contribution is 0.817. The van der Waals surface area contributed by atoms with Gasteiger partial charge in [-0.1, -0.05) is 41.6 Å². The maximum atomic E-state index is 6.30. The van der Waals surface area contributed by atoms with E-state index in [1.54, 1.807) is 11.8 Å². The molecule has 0 amide bonds. The van der Waals surface area contributed by atoms with Crippen molar-refractivity contribution in [2.45, 2.75) is 16.3 Å². The number of hydrogen-bond acceptors (Lipinski definition) is 2. The molecule has 0 saturated carbocycles. The number of benzene rings is 2. The predicted octanol–water partition coefficient (Wildman–Crippen LogP) is 4.97. The number of rotatable bonds is 4. The van der Waals surface area contributed by atoms with Crippen LogP contribution in [-0.4, -0.2) is 7.05 Å². The van der Waals surface area contributed by atoms with Crippen LogP contribution in [0.15, 0.2) is 56.7 Å². The van der Waals surface area contributed by atoms with Crippen LogP contribution in [0.2, 0.25) is 5.02 Å². The summed E-state index contributed by atoms with van der Waals surface area (Å²) in [5, 5.41) is 3.91. The lowest BCUT2D eigenvalue weighted by Crippen LogP contribution is -2.04. The Morgan fingerprint density at radius 1 is 1.17 bits per heavy atom. The topological polar surface area (TPSA) is 12.0 Å². The Morgan fingerprint density at radius 2 is 1.94 bits per heavy atom. The minimum Gasteiger partial charge on any atom is -0.316 e. The van der Waals surface area contributed by atoms with Crippen LogP contribution in [0.5, 0.6) is 0 Å². The minimum atomic E-state index is 0.795. The van der Waals surface area contributed by atoms with E-state index < -0.39 is 0 Å². The van der Waals surface area contributed by atoms with Crippen LogP contribution in [0.3, 0.4) is 0 Å². The highest BCUT2D eigenvalue weighted by Gasteiger charge is 2.06. The summed E-state index contributed by atoms with van der Waals surface area (Å²) in [5.41, 5.74) is 1.19. The van der Waals surface area contributed by atoms with Gasteiger partial charge in [-0.05, 0) is 52.8 Å². The fourth-order valence-corrected chi connectivity index (χ4v) is 3.28. The van der Waals surface area contributed by atoms with Crippen LogP contribution in [0.4, 0.5) is 0 Å². The van der Waals surface area contributed by atoms with Crippen molar-refractivity contribution in [2.24, 2.45) is 0 Å². The minimum absolute atomic E-state index is 0.795. The van der Waals surface area contributed by atoms with Gasteiger partial charge in [-0.15, -0.1) is 0 Å². The lowest BCUT2D eigenvalue weighted by Gasteiger charge is -2.08. The highest BCUT2D eigenvalue weighted by molar-refractivity contribution is 9.10. The van der Waals surface area contributed by atoms with E-state index in [1.165, 1.54) is 10.5 Å². The predicted molar refractivity (Wildman–Crippen MR) is 82.5 cm³/mol. The molecular formula is C14H13BrClNS. The molecule has 0 aliphatic carbocycles. The molecule has 94 valence electrons. The van der Waals surface area contributed by atoms with Crippen LogP contribution in [0.1, 0.15) is 5.56 Å². The van der Waals surface area contributed by atoms with E-state index in [9.17, 15) is 0 Å². The Bertz CT molecular complexity index is 545. The van der Waals surface area contributed by atoms with Crippen LogP contribution >= 0.6 is 39.3 Å². The second-order valence-corrected chi connectivity index (χ2v) is 6.17. The first-order chi connectivity index (χ1) is 8.70. The third-order valence-corrected chi connectivity index (χ3v) is 4.96. The standard InChI is InChI=1S/C14H13BrClNS/c1-17-9-10-6-7-14(12(16)8-10)18-13-5-3-2-4-11(13)15/h2-8,17H,9H2,1H3. The zero-order valence-corrected chi connectivity index (χ0v) is 13.1. The molecule has 0 bridgehead atoms. The average Bonchev–Trinajstić information content (AvgIpc) is 2.35. The summed E-state index contributed by atoms with van der Waals surface area (Å²) in [7, 11) is 1.93. The van der Waals surface area contributed by atoms with Gasteiger partial charge in [-0.3, -0.25) is 0 Å². The largest absolute Gasteiger partial charge is 0.316 e. The van der Waals surface area contributed by atoms with Gasteiger partial charge in [0.1, 0.15) is 0 Å². The van der Waals surface area contributed by atoms with Crippen LogP contribution < -0.4 is 5.32 Å². The van der Waals surface area contributed by atoms with Gasteiger partial charge in [-0.25, -0.2) is 0 Å². The first kappa shape index (κ1) is 13.9. The van der Waals surface area contributed by atoms with Crippen molar-refractivity contribution in [3.8, 4) is 0 Å². The monoisotopic (exact) mass is 341 g/mol. The van der Waals surface area contributed by atoms with Crippen molar-refractivity contribution in [3.63, 3.8) is 0 Å². The summed E-state index contributed by atoms with van der Waals surface area (Å²) in [6.07, 6.45) is 0. The van der Waals surface area contributed by atoms with Crippen LogP contribution in [0.25, 0.3) is 0 Å². The van der Waals surface area contributed by atoms with E-state index in [1.807, 2.05) is 31.3 Å². The Kier molecular flexibility index (Phi) is 5.13. The zero-order chi connectivity index (χ0) is 13.0. The molecule has 0 aliphatic rings.